The molecule has 5 heteroatoms. The van der Waals surface area contributed by atoms with Gasteiger partial charge in [0.05, 0.1) is 11.1 Å². The maximum atomic E-state index is 11.5. The van der Waals surface area contributed by atoms with E-state index in [9.17, 15) is 4.79 Å². The Morgan fingerprint density at radius 3 is 2.60 bits per heavy atom. The molecule has 0 heterocycles. The molecule has 0 amide bonds. The summed E-state index contributed by atoms with van der Waals surface area (Å²) in [6, 6.07) is 5.88. The fourth-order valence-corrected chi connectivity index (χ4v) is 1.85. The van der Waals surface area contributed by atoms with Gasteiger partial charge >= 0.3 is 5.97 Å². The highest BCUT2D eigenvalue weighted by Gasteiger charge is 2.12. The first-order chi connectivity index (χ1) is 9.40. The molecule has 0 aromatic heterocycles. The quantitative estimate of drug-likeness (QED) is 0.786. The fraction of sp³-hybridized carbons (Fsp3) is 0.533. The van der Waals surface area contributed by atoms with Crippen LogP contribution >= 0.6 is 11.6 Å². The van der Waals surface area contributed by atoms with Crippen molar-refractivity contribution in [3.8, 4) is 5.75 Å². The fourth-order valence-electron chi connectivity index (χ4n) is 1.60. The van der Waals surface area contributed by atoms with Gasteiger partial charge in [-0.1, -0.05) is 37.6 Å². The smallest absolute Gasteiger partial charge is 0.344 e. The predicted octanol–water partition coefficient (Wildman–Crippen LogP) is 3.17. The van der Waals surface area contributed by atoms with Crippen molar-refractivity contribution in [3.63, 3.8) is 0 Å². The number of carbonyl (C=O) groups excluding carboxylic acids is 1. The van der Waals surface area contributed by atoms with E-state index in [2.05, 4.69) is 19.2 Å². The molecule has 0 aliphatic heterocycles. The number of nitrogens with one attached hydrogen (secondary N) is 1. The first-order valence-corrected chi connectivity index (χ1v) is 7.11. The summed E-state index contributed by atoms with van der Waals surface area (Å²) in [5.74, 6) is 0.130. The summed E-state index contributed by atoms with van der Waals surface area (Å²) in [5, 5.41) is 3.79. The van der Waals surface area contributed by atoms with Crippen molar-refractivity contribution in [1.82, 2.24) is 5.32 Å². The van der Waals surface area contributed by atoms with Crippen molar-refractivity contribution >= 4 is 17.6 Å². The molecule has 0 radical (unpaired) electrons. The average Bonchev–Trinajstić information content (AvgIpc) is 2.34. The number of carbonyl (C=O) groups is 1. The van der Waals surface area contributed by atoms with Crippen molar-refractivity contribution < 1.29 is 14.3 Å². The van der Waals surface area contributed by atoms with E-state index in [1.165, 1.54) is 0 Å². The van der Waals surface area contributed by atoms with Gasteiger partial charge in [-0.2, -0.15) is 0 Å². The summed E-state index contributed by atoms with van der Waals surface area (Å²) in [5.41, 5.74) is 0.920. The molecule has 0 atom stereocenters. The van der Waals surface area contributed by atoms with E-state index in [0.717, 1.165) is 5.56 Å². The summed E-state index contributed by atoms with van der Waals surface area (Å²) in [7, 11) is 0. The van der Waals surface area contributed by atoms with Crippen molar-refractivity contribution in [3.05, 3.63) is 28.8 Å². The molecule has 0 bridgehead atoms. The highest BCUT2D eigenvalue weighted by Crippen LogP contribution is 2.28. The van der Waals surface area contributed by atoms with Crippen LogP contribution < -0.4 is 10.1 Å². The van der Waals surface area contributed by atoms with E-state index in [0.29, 0.717) is 23.4 Å². The van der Waals surface area contributed by atoms with E-state index in [-0.39, 0.29) is 12.7 Å². The van der Waals surface area contributed by atoms with Crippen LogP contribution in [0, 0.1) is 0 Å². The standard InChI is InChI=1S/C15H22ClNO3/c1-10(2)17-8-12-6-5-7-13(16)15(12)19-9-14(18)20-11(3)4/h5-7,10-11,17H,8-9H2,1-4H3. The molecule has 0 fully saturated rings. The lowest BCUT2D eigenvalue weighted by molar-refractivity contribution is -0.149. The zero-order valence-electron chi connectivity index (χ0n) is 12.4. The largest absolute Gasteiger partial charge is 0.480 e. The normalized spacial score (nSPS) is 10.9. The van der Waals surface area contributed by atoms with Crippen LogP contribution in [-0.4, -0.2) is 24.7 Å². The number of rotatable bonds is 7. The van der Waals surface area contributed by atoms with Gasteiger partial charge in [0.15, 0.2) is 6.61 Å². The minimum Gasteiger partial charge on any atom is -0.480 e. The number of para-hydroxylation sites is 1. The monoisotopic (exact) mass is 299 g/mol. The van der Waals surface area contributed by atoms with Crippen LogP contribution in [0.2, 0.25) is 5.02 Å². The molecule has 1 N–H and O–H groups in total. The number of halogens is 1. The molecule has 112 valence electrons. The van der Waals surface area contributed by atoms with Gasteiger partial charge in [0.25, 0.3) is 0 Å². The highest BCUT2D eigenvalue weighted by molar-refractivity contribution is 6.32. The number of benzene rings is 1. The van der Waals surface area contributed by atoms with E-state index < -0.39 is 5.97 Å². The number of esters is 1. The molecule has 0 saturated heterocycles. The Balaban J connectivity index is 2.70. The van der Waals surface area contributed by atoms with Crippen LogP contribution in [0.3, 0.4) is 0 Å². The molecule has 0 aliphatic carbocycles. The second kappa shape index (κ2) is 8.12. The Kier molecular flexibility index (Phi) is 6.82. The van der Waals surface area contributed by atoms with Gasteiger partial charge in [-0.05, 0) is 19.9 Å². The van der Waals surface area contributed by atoms with Crippen LogP contribution in [0.4, 0.5) is 0 Å². The third kappa shape index (κ3) is 5.80. The average molecular weight is 300 g/mol. The minimum atomic E-state index is -0.400. The van der Waals surface area contributed by atoms with Gasteiger partial charge in [-0.15, -0.1) is 0 Å². The first-order valence-electron chi connectivity index (χ1n) is 6.73. The third-order valence-electron chi connectivity index (χ3n) is 2.45. The predicted molar refractivity (Wildman–Crippen MR) is 80.2 cm³/mol. The second-order valence-electron chi connectivity index (χ2n) is 5.09. The summed E-state index contributed by atoms with van der Waals surface area (Å²) < 4.78 is 10.5. The highest BCUT2D eigenvalue weighted by atomic mass is 35.5. The molecule has 0 spiro atoms. The summed E-state index contributed by atoms with van der Waals surface area (Å²) in [6.07, 6.45) is -0.153. The molecular formula is C15H22ClNO3. The lowest BCUT2D eigenvalue weighted by Gasteiger charge is -2.15. The SMILES string of the molecule is CC(C)NCc1cccc(Cl)c1OCC(=O)OC(C)C. The summed E-state index contributed by atoms with van der Waals surface area (Å²) >= 11 is 6.13. The van der Waals surface area contributed by atoms with Crippen LogP contribution in [0.1, 0.15) is 33.3 Å². The maximum absolute atomic E-state index is 11.5. The summed E-state index contributed by atoms with van der Waals surface area (Å²) in [6.45, 7) is 8.20. The molecule has 4 nitrogen and oxygen atoms in total. The van der Waals surface area contributed by atoms with E-state index in [4.69, 9.17) is 21.1 Å². The van der Waals surface area contributed by atoms with Crippen molar-refractivity contribution in [2.45, 2.75) is 46.4 Å². The zero-order chi connectivity index (χ0) is 15.1. The Labute approximate surface area is 125 Å². The molecule has 1 aromatic carbocycles. The Hall–Kier alpha value is -1.26. The molecule has 0 unspecified atom stereocenters. The molecule has 0 aliphatic rings. The number of hydrogen-bond donors (Lipinski definition) is 1. The van der Waals surface area contributed by atoms with Gasteiger partial charge < -0.3 is 14.8 Å². The summed E-state index contributed by atoms with van der Waals surface area (Å²) in [4.78, 5) is 11.5. The molecule has 0 saturated carbocycles. The Morgan fingerprint density at radius 2 is 2.00 bits per heavy atom. The van der Waals surface area contributed by atoms with Gasteiger partial charge in [-0.25, -0.2) is 4.79 Å². The van der Waals surface area contributed by atoms with Gasteiger partial charge in [0, 0.05) is 18.2 Å². The lowest BCUT2D eigenvalue weighted by atomic mass is 10.2. The van der Waals surface area contributed by atoms with E-state index in [1.54, 1.807) is 19.9 Å². The zero-order valence-corrected chi connectivity index (χ0v) is 13.2. The molecule has 1 rings (SSSR count). The third-order valence-corrected chi connectivity index (χ3v) is 2.75. The topological polar surface area (TPSA) is 47.6 Å². The molecular weight excluding hydrogens is 278 g/mol. The minimum absolute atomic E-state index is 0.142. The molecule has 1 aromatic rings. The molecule has 20 heavy (non-hydrogen) atoms. The number of ether oxygens (including phenoxy) is 2. The van der Waals surface area contributed by atoms with Gasteiger partial charge in [0.2, 0.25) is 0 Å². The Bertz CT molecular complexity index is 447. The van der Waals surface area contributed by atoms with E-state index in [1.807, 2.05) is 12.1 Å². The second-order valence-corrected chi connectivity index (χ2v) is 5.50. The van der Waals surface area contributed by atoms with Crippen LogP contribution in [0.15, 0.2) is 18.2 Å². The Morgan fingerprint density at radius 1 is 1.30 bits per heavy atom. The van der Waals surface area contributed by atoms with Gasteiger partial charge in [-0.3, -0.25) is 0 Å². The van der Waals surface area contributed by atoms with E-state index >= 15 is 0 Å². The van der Waals surface area contributed by atoms with Crippen LogP contribution in [0.25, 0.3) is 0 Å². The number of hydrogen-bond acceptors (Lipinski definition) is 4. The van der Waals surface area contributed by atoms with Gasteiger partial charge in [0.1, 0.15) is 5.75 Å². The van der Waals surface area contributed by atoms with Crippen LogP contribution in [-0.2, 0) is 16.1 Å². The maximum Gasteiger partial charge on any atom is 0.344 e. The van der Waals surface area contributed by atoms with Crippen LogP contribution in [0.5, 0.6) is 5.75 Å². The lowest BCUT2D eigenvalue weighted by Crippen LogP contribution is -2.23. The van der Waals surface area contributed by atoms with Crippen molar-refractivity contribution in [2.24, 2.45) is 0 Å². The van der Waals surface area contributed by atoms with Crippen molar-refractivity contribution in [1.29, 1.82) is 0 Å². The van der Waals surface area contributed by atoms with Crippen molar-refractivity contribution in [2.75, 3.05) is 6.61 Å². The first kappa shape index (κ1) is 16.8.